The molecular formula is C30H36N2O2. The highest BCUT2D eigenvalue weighted by Crippen LogP contribution is 2.57. The van der Waals surface area contributed by atoms with E-state index in [1.807, 2.05) is 70.5 Å². The first-order valence-corrected chi connectivity index (χ1v) is 13.5. The summed E-state index contributed by atoms with van der Waals surface area (Å²) in [5, 5.41) is 0. The SMILES string of the molecule is O=C(C1[C@@H]2CCCC[C@@H]12)N(CCN(C(=O)C1[C@@H]2CCCC[C@@H]12)c1ccccc1)c1ccccc1. The Bertz CT molecular complexity index is 915. The highest BCUT2D eigenvalue weighted by Gasteiger charge is 2.57. The van der Waals surface area contributed by atoms with Gasteiger partial charge in [-0.3, -0.25) is 9.59 Å². The largest absolute Gasteiger partial charge is 0.310 e. The van der Waals surface area contributed by atoms with Crippen molar-refractivity contribution >= 4 is 23.2 Å². The summed E-state index contributed by atoms with van der Waals surface area (Å²) < 4.78 is 0. The molecule has 0 unspecified atom stereocenters. The summed E-state index contributed by atoms with van der Waals surface area (Å²) in [5.74, 6) is 3.20. The number of amides is 2. The number of fused-ring (bicyclic) bond motifs is 2. The van der Waals surface area contributed by atoms with Crippen molar-refractivity contribution in [2.45, 2.75) is 51.4 Å². The van der Waals surface area contributed by atoms with Gasteiger partial charge in [-0.2, -0.15) is 0 Å². The predicted octanol–water partition coefficient (Wildman–Crippen LogP) is 5.93. The Morgan fingerprint density at radius 3 is 1.21 bits per heavy atom. The molecule has 0 aromatic heterocycles. The third kappa shape index (κ3) is 4.06. The molecule has 4 heteroatoms. The average Bonchev–Trinajstić information content (AvgIpc) is 3.80. The maximum atomic E-state index is 13.8. The Balaban J connectivity index is 1.23. The minimum Gasteiger partial charge on any atom is -0.310 e. The molecule has 34 heavy (non-hydrogen) atoms. The molecule has 0 N–H and O–H groups in total. The molecule has 4 saturated carbocycles. The van der Waals surface area contributed by atoms with Crippen LogP contribution in [0.2, 0.25) is 0 Å². The summed E-state index contributed by atoms with van der Waals surface area (Å²) in [7, 11) is 0. The van der Waals surface area contributed by atoms with Gasteiger partial charge in [-0.05, 0) is 73.6 Å². The molecular weight excluding hydrogens is 420 g/mol. The number of para-hydroxylation sites is 2. The second-order valence-corrected chi connectivity index (χ2v) is 10.9. The van der Waals surface area contributed by atoms with Crippen molar-refractivity contribution in [2.75, 3.05) is 22.9 Å². The van der Waals surface area contributed by atoms with Crippen LogP contribution in [-0.2, 0) is 9.59 Å². The average molecular weight is 457 g/mol. The van der Waals surface area contributed by atoms with Crippen LogP contribution in [0.25, 0.3) is 0 Å². The number of carbonyl (C=O) groups is 2. The molecule has 2 aromatic carbocycles. The van der Waals surface area contributed by atoms with Gasteiger partial charge in [-0.15, -0.1) is 0 Å². The lowest BCUT2D eigenvalue weighted by molar-refractivity contribution is -0.121. The van der Waals surface area contributed by atoms with Crippen LogP contribution in [0.5, 0.6) is 0 Å². The molecule has 2 amide bonds. The van der Waals surface area contributed by atoms with Crippen LogP contribution in [0.15, 0.2) is 60.7 Å². The van der Waals surface area contributed by atoms with E-state index in [1.165, 1.54) is 51.4 Å². The second-order valence-electron chi connectivity index (χ2n) is 10.9. The van der Waals surface area contributed by atoms with Crippen LogP contribution >= 0.6 is 0 Å². The van der Waals surface area contributed by atoms with Gasteiger partial charge in [0.25, 0.3) is 0 Å². The molecule has 6 rings (SSSR count). The zero-order valence-electron chi connectivity index (χ0n) is 20.0. The Labute approximate surface area is 203 Å². The summed E-state index contributed by atoms with van der Waals surface area (Å²) in [5.41, 5.74) is 1.91. The number of carbonyl (C=O) groups excluding carboxylic acids is 2. The summed E-state index contributed by atoms with van der Waals surface area (Å²) in [6, 6.07) is 20.2. The normalized spacial score (nSPS) is 31.1. The number of rotatable bonds is 7. The van der Waals surface area contributed by atoms with Gasteiger partial charge >= 0.3 is 0 Å². The van der Waals surface area contributed by atoms with Gasteiger partial charge in [0.2, 0.25) is 11.8 Å². The quantitative estimate of drug-likeness (QED) is 0.518. The lowest BCUT2D eigenvalue weighted by atomic mass is 10.0. The van der Waals surface area contributed by atoms with Gasteiger partial charge < -0.3 is 9.80 Å². The molecule has 4 fully saturated rings. The van der Waals surface area contributed by atoms with Crippen LogP contribution < -0.4 is 9.80 Å². The van der Waals surface area contributed by atoms with Gasteiger partial charge in [0.1, 0.15) is 0 Å². The van der Waals surface area contributed by atoms with Crippen molar-refractivity contribution in [2.24, 2.45) is 35.5 Å². The number of nitrogens with zero attached hydrogens (tertiary/aromatic N) is 2. The Kier molecular flexibility index (Phi) is 5.92. The molecule has 4 nitrogen and oxygen atoms in total. The first-order valence-electron chi connectivity index (χ1n) is 13.5. The summed E-state index contributed by atoms with van der Waals surface area (Å²) in [6.45, 7) is 1.09. The summed E-state index contributed by atoms with van der Waals surface area (Å²) >= 11 is 0. The zero-order valence-corrected chi connectivity index (χ0v) is 20.0. The van der Waals surface area contributed by atoms with Crippen molar-refractivity contribution in [3.63, 3.8) is 0 Å². The topological polar surface area (TPSA) is 40.6 Å². The van der Waals surface area contributed by atoms with Crippen molar-refractivity contribution in [3.8, 4) is 0 Å². The third-order valence-electron chi connectivity index (χ3n) is 9.10. The van der Waals surface area contributed by atoms with Crippen molar-refractivity contribution in [1.82, 2.24) is 0 Å². The summed E-state index contributed by atoms with van der Waals surface area (Å²) in [4.78, 5) is 31.5. The first-order chi connectivity index (χ1) is 16.7. The molecule has 0 aliphatic heterocycles. The number of hydrogen-bond donors (Lipinski definition) is 0. The zero-order chi connectivity index (χ0) is 23.1. The fourth-order valence-corrected chi connectivity index (χ4v) is 7.23. The van der Waals surface area contributed by atoms with Crippen LogP contribution in [0.1, 0.15) is 51.4 Å². The summed E-state index contributed by atoms with van der Waals surface area (Å²) in [6.07, 6.45) is 9.83. The molecule has 0 radical (unpaired) electrons. The van der Waals surface area contributed by atoms with Crippen LogP contribution in [0.3, 0.4) is 0 Å². The standard InChI is InChI=1S/C30H36N2O2/c33-29(27-23-15-7-8-16-24(23)27)31(21-11-3-1-4-12-21)19-20-32(22-13-5-2-6-14-22)30(34)28-25-17-9-10-18-26(25)28/h1-6,11-14,23-28H,7-10,15-20H2/t23-,24-,25-,26-/m1/s1. The van der Waals surface area contributed by atoms with E-state index in [1.54, 1.807) is 0 Å². The van der Waals surface area contributed by atoms with Gasteiger partial charge in [0.05, 0.1) is 0 Å². The lowest BCUT2D eigenvalue weighted by Gasteiger charge is -2.29. The fourth-order valence-electron chi connectivity index (χ4n) is 7.23. The molecule has 0 bridgehead atoms. The Morgan fingerprint density at radius 1 is 0.559 bits per heavy atom. The molecule has 4 atom stereocenters. The molecule has 0 heterocycles. The smallest absolute Gasteiger partial charge is 0.230 e. The van der Waals surface area contributed by atoms with Crippen LogP contribution in [0, 0.1) is 35.5 Å². The third-order valence-corrected chi connectivity index (χ3v) is 9.10. The van der Waals surface area contributed by atoms with E-state index >= 15 is 0 Å². The van der Waals surface area contributed by atoms with E-state index < -0.39 is 0 Å². The van der Waals surface area contributed by atoms with Crippen LogP contribution in [-0.4, -0.2) is 24.9 Å². The molecule has 178 valence electrons. The van der Waals surface area contributed by atoms with Crippen molar-refractivity contribution < 1.29 is 9.59 Å². The predicted molar refractivity (Wildman–Crippen MR) is 135 cm³/mol. The number of anilines is 2. The van der Waals surface area contributed by atoms with E-state index in [4.69, 9.17) is 0 Å². The molecule has 0 saturated heterocycles. The highest BCUT2D eigenvalue weighted by atomic mass is 16.2. The fraction of sp³-hybridized carbons (Fsp3) is 0.533. The van der Waals surface area contributed by atoms with Gasteiger partial charge in [0, 0.05) is 36.3 Å². The van der Waals surface area contributed by atoms with Gasteiger partial charge in [0.15, 0.2) is 0 Å². The molecule has 4 aliphatic carbocycles. The van der Waals surface area contributed by atoms with E-state index in [0.717, 1.165) is 11.4 Å². The maximum Gasteiger partial charge on any atom is 0.230 e. The first kappa shape index (κ1) is 21.9. The lowest BCUT2D eigenvalue weighted by Crippen LogP contribution is -2.43. The van der Waals surface area contributed by atoms with E-state index in [2.05, 4.69) is 0 Å². The minimum atomic E-state index is 0.176. The number of hydrogen-bond acceptors (Lipinski definition) is 2. The van der Waals surface area contributed by atoms with Crippen molar-refractivity contribution in [1.29, 1.82) is 0 Å². The highest BCUT2D eigenvalue weighted by molar-refractivity contribution is 5.99. The number of benzene rings is 2. The van der Waals surface area contributed by atoms with Gasteiger partial charge in [-0.1, -0.05) is 62.1 Å². The Morgan fingerprint density at radius 2 is 0.882 bits per heavy atom. The maximum absolute atomic E-state index is 13.8. The molecule has 4 aliphatic rings. The van der Waals surface area contributed by atoms with Crippen molar-refractivity contribution in [3.05, 3.63) is 60.7 Å². The second kappa shape index (κ2) is 9.20. The minimum absolute atomic E-state index is 0.176. The molecule has 2 aromatic rings. The van der Waals surface area contributed by atoms with E-state index in [9.17, 15) is 9.59 Å². The van der Waals surface area contributed by atoms with Gasteiger partial charge in [-0.25, -0.2) is 0 Å². The monoisotopic (exact) mass is 456 g/mol. The van der Waals surface area contributed by atoms with E-state index in [0.29, 0.717) is 36.8 Å². The van der Waals surface area contributed by atoms with Crippen LogP contribution in [0.4, 0.5) is 11.4 Å². The Hall–Kier alpha value is -2.62. The van der Waals surface area contributed by atoms with E-state index in [-0.39, 0.29) is 23.7 Å². The molecule has 0 spiro atoms.